The van der Waals surface area contributed by atoms with Crippen LogP contribution in [0.3, 0.4) is 0 Å². The first-order chi connectivity index (χ1) is 5.16. The molecule has 2 unspecified atom stereocenters. The van der Waals surface area contributed by atoms with Crippen LogP contribution < -0.4 is 5.90 Å². The summed E-state index contributed by atoms with van der Waals surface area (Å²) in [6.07, 6.45) is 0. The molecule has 0 aliphatic rings. The Morgan fingerprint density at radius 1 is 1.27 bits per heavy atom. The normalized spacial score (nSPS) is 16.2. The summed E-state index contributed by atoms with van der Waals surface area (Å²) in [6, 6.07) is 0. The molecule has 0 aliphatic heterocycles. The fourth-order valence-corrected chi connectivity index (χ4v) is 0.864. The van der Waals surface area contributed by atoms with E-state index in [2.05, 4.69) is 19.6 Å². The van der Waals surface area contributed by atoms with E-state index in [1.54, 1.807) is 0 Å². The van der Waals surface area contributed by atoms with Crippen molar-refractivity contribution in [2.75, 3.05) is 13.2 Å². The number of nitrogens with two attached hydrogens (primary N) is 1. The summed E-state index contributed by atoms with van der Waals surface area (Å²) >= 11 is 0. The van der Waals surface area contributed by atoms with Crippen molar-refractivity contribution >= 4 is 16.5 Å². The Balaban J connectivity index is 3.14. The average molecular weight is 205 g/mol. The van der Waals surface area contributed by atoms with Crippen molar-refractivity contribution in [1.29, 1.82) is 0 Å². The van der Waals surface area contributed by atoms with Crippen LogP contribution in [0.5, 0.6) is 0 Å². The van der Waals surface area contributed by atoms with Crippen LogP contribution in [-0.2, 0) is 22.8 Å². The molecule has 0 saturated heterocycles. The monoisotopic (exact) mass is 205 g/mol. The highest BCUT2D eigenvalue weighted by Gasteiger charge is 1.97. The number of hydrogen-bond acceptors (Lipinski definition) is 6. The van der Waals surface area contributed by atoms with E-state index in [1.165, 1.54) is 0 Å². The molecular formula is C2H9NO6P2. The van der Waals surface area contributed by atoms with E-state index in [9.17, 15) is 9.13 Å². The zero-order valence-electron chi connectivity index (χ0n) is 5.48. The van der Waals surface area contributed by atoms with Gasteiger partial charge in [-0.15, -0.1) is 0 Å². The van der Waals surface area contributed by atoms with Crippen LogP contribution >= 0.6 is 16.5 Å². The minimum atomic E-state index is -2.93. The summed E-state index contributed by atoms with van der Waals surface area (Å²) in [4.78, 5) is 8.12. The van der Waals surface area contributed by atoms with Gasteiger partial charge in [-0.25, -0.2) is 10.5 Å². The van der Waals surface area contributed by atoms with Crippen molar-refractivity contribution in [3.05, 3.63) is 0 Å². The maximum absolute atomic E-state index is 10.3. The zero-order chi connectivity index (χ0) is 8.69. The maximum atomic E-state index is 10.3. The second kappa shape index (κ2) is 6.94. The Bertz CT molecular complexity index is 150. The van der Waals surface area contributed by atoms with Gasteiger partial charge >= 0.3 is 16.5 Å². The fraction of sp³-hybridized carbons (Fsp3) is 1.00. The molecule has 0 radical (unpaired) electrons. The van der Waals surface area contributed by atoms with Gasteiger partial charge in [-0.05, 0) is 0 Å². The van der Waals surface area contributed by atoms with E-state index in [0.29, 0.717) is 0 Å². The highest BCUT2D eigenvalue weighted by molar-refractivity contribution is 7.33. The maximum Gasteiger partial charge on any atom is 0.335 e. The second-order valence-electron chi connectivity index (χ2n) is 1.33. The lowest BCUT2D eigenvalue weighted by molar-refractivity contribution is 0.181. The smallest absolute Gasteiger partial charge is 0.326 e. The molecule has 0 saturated carbocycles. The summed E-state index contributed by atoms with van der Waals surface area (Å²) in [5.74, 6) is 4.48. The van der Waals surface area contributed by atoms with Crippen LogP contribution in [0.15, 0.2) is 0 Å². The van der Waals surface area contributed by atoms with E-state index >= 15 is 0 Å². The largest absolute Gasteiger partial charge is 0.335 e. The Morgan fingerprint density at radius 3 is 2.27 bits per heavy atom. The molecule has 0 heterocycles. The van der Waals surface area contributed by atoms with Gasteiger partial charge in [-0.2, -0.15) is 0 Å². The average Bonchev–Trinajstić information content (AvgIpc) is 1.97. The van der Waals surface area contributed by atoms with Crippen molar-refractivity contribution in [1.82, 2.24) is 0 Å². The van der Waals surface area contributed by atoms with Crippen LogP contribution in [0.2, 0.25) is 0 Å². The molecule has 0 rings (SSSR count). The summed E-state index contributed by atoms with van der Waals surface area (Å²) in [5, 5.41) is 0. The third-order valence-corrected chi connectivity index (χ3v) is 1.71. The first-order valence-corrected chi connectivity index (χ1v) is 5.05. The van der Waals surface area contributed by atoms with Crippen LogP contribution in [-0.4, -0.2) is 18.1 Å². The van der Waals surface area contributed by atoms with Gasteiger partial charge in [-0.3, -0.25) is 9.13 Å². The van der Waals surface area contributed by atoms with E-state index in [0.717, 1.165) is 0 Å². The fourth-order valence-electron chi connectivity index (χ4n) is 0.288. The van der Waals surface area contributed by atoms with Gasteiger partial charge in [0.2, 0.25) is 0 Å². The molecule has 9 heteroatoms. The molecule has 3 N–H and O–H groups in total. The molecule has 0 aromatic carbocycles. The first-order valence-electron chi connectivity index (χ1n) is 2.56. The summed E-state index contributed by atoms with van der Waals surface area (Å²) in [5.41, 5.74) is 0. The number of hydrogen-bond donors (Lipinski definition) is 2. The predicted molar refractivity (Wildman–Crippen MR) is 37.4 cm³/mol. The van der Waals surface area contributed by atoms with Gasteiger partial charge < -0.3 is 13.9 Å². The minimum absolute atomic E-state index is 0.0913. The molecule has 0 amide bonds. The van der Waals surface area contributed by atoms with Crippen LogP contribution in [0, 0.1) is 0 Å². The first kappa shape index (κ1) is 11.3. The van der Waals surface area contributed by atoms with Crippen LogP contribution in [0.25, 0.3) is 0 Å². The molecule has 0 aromatic heterocycles. The SMILES string of the molecule is NO[PH](=O)OCCO[PH](=O)O. The lowest BCUT2D eigenvalue weighted by Gasteiger charge is -2.00. The van der Waals surface area contributed by atoms with Gasteiger partial charge in [0.1, 0.15) is 0 Å². The van der Waals surface area contributed by atoms with Crippen LogP contribution in [0.4, 0.5) is 0 Å². The molecular weight excluding hydrogens is 196 g/mol. The molecule has 0 spiro atoms. The molecule has 11 heavy (non-hydrogen) atoms. The van der Waals surface area contributed by atoms with E-state index < -0.39 is 16.5 Å². The standard InChI is InChI=1S/C2H9NO6P2/c3-9-11(6)8-2-1-7-10(4)5/h10-11H,1-3H2,(H,4,5). The van der Waals surface area contributed by atoms with Gasteiger partial charge in [0.15, 0.2) is 0 Å². The molecule has 0 aromatic rings. The quantitative estimate of drug-likeness (QED) is 0.347. The number of rotatable bonds is 6. The van der Waals surface area contributed by atoms with Crippen molar-refractivity contribution < 1.29 is 27.7 Å². The zero-order valence-corrected chi connectivity index (χ0v) is 7.48. The van der Waals surface area contributed by atoms with Crippen LogP contribution in [0.1, 0.15) is 0 Å². The predicted octanol–water partition coefficient (Wildman–Crippen LogP) is -0.318. The summed E-state index contributed by atoms with van der Waals surface area (Å²) in [7, 11) is -5.58. The highest BCUT2D eigenvalue weighted by Crippen LogP contribution is 2.20. The second-order valence-corrected chi connectivity index (χ2v) is 3.18. The molecule has 0 bridgehead atoms. The highest BCUT2D eigenvalue weighted by atomic mass is 31.1. The molecule has 68 valence electrons. The molecule has 0 aliphatic carbocycles. The lowest BCUT2D eigenvalue weighted by atomic mass is 10.8. The summed E-state index contributed by atoms with van der Waals surface area (Å²) in [6.45, 7) is -0.208. The Kier molecular flexibility index (Phi) is 7.10. The summed E-state index contributed by atoms with van der Waals surface area (Å²) < 4.78 is 32.5. The Hall–Kier alpha value is 0.260. The third-order valence-electron chi connectivity index (χ3n) is 0.625. The Morgan fingerprint density at radius 2 is 1.82 bits per heavy atom. The lowest BCUT2D eigenvalue weighted by Crippen LogP contribution is -1.98. The van der Waals surface area contributed by atoms with Gasteiger partial charge in [0, 0.05) is 0 Å². The molecule has 7 nitrogen and oxygen atoms in total. The minimum Gasteiger partial charge on any atom is -0.326 e. The van der Waals surface area contributed by atoms with Crippen molar-refractivity contribution in [3.63, 3.8) is 0 Å². The molecule has 2 atom stereocenters. The topological polar surface area (TPSA) is 108 Å². The van der Waals surface area contributed by atoms with Crippen molar-refractivity contribution in [3.8, 4) is 0 Å². The molecule has 0 fully saturated rings. The van der Waals surface area contributed by atoms with E-state index in [1.807, 2.05) is 0 Å². The van der Waals surface area contributed by atoms with Gasteiger partial charge in [0.05, 0.1) is 13.2 Å². The van der Waals surface area contributed by atoms with Crippen molar-refractivity contribution in [2.45, 2.75) is 0 Å². The van der Waals surface area contributed by atoms with Crippen molar-refractivity contribution in [2.24, 2.45) is 5.90 Å². The Labute approximate surface area is 64.3 Å². The van der Waals surface area contributed by atoms with Gasteiger partial charge in [0.25, 0.3) is 0 Å². The van der Waals surface area contributed by atoms with E-state index in [-0.39, 0.29) is 13.2 Å². The third kappa shape index (κ3) is 8.16. The van der Waals surface area contributed by atoms with E-state index in [4.69, 9.17) is 4.89 Å². The van der Waals surface area contributed by atoms with Gasteiger partial charge in [-0.1, -0.05) is 0 Å².